The first-order valence-electron chi connectivity index (χ1n) is 22.0. The summed E-state index contributed by atoms with van der Waals surface area (Å²) in [5, 5.41) is 7.34. The highest BCUT2D eigenvalue weighted by Crippen LogP contribution is 2.44. The minimum atomic E-state index is -3.69. The lowest BCUT2D eigenvalue weighted by Gasteiger charge is -2.24. The van der Waals surface area contributed by atoms with Gasteiger partial charge in [-0.3, -0.25) is 0 Å². The first-order valence-corrected chi connectivity index (χ1v) is 23.5. The third-order valence-corrected chi connectivity index (χ3v) is 15.1. The summed E-state index contributed by atoms with van der Waals surface area (Å²) in [6.07, 6.45) is 6.04. The van der Waals surface area contributed by atoms with Gasteiger partial charge in [0.1, 0.15) is 12.0 Å². The summed E-state index contributed by atoms with van der Waals surface area (Å²) in [7, 11) is -3.69. The zero-order chi connectivity index (χ0) is 43.2. The van der Waals surface area contributed by atoms with E-state index in [9.17, 15) is 8.42 Å². The molecule has 0 saturated carbocycles. The van der Waals surface area contributed by atoms with Crippen LogP contribution in [0.4, 0.5) is 0 Å². The number of aromatic nitrogens is 2. The van der Waals surface area contributed by atoms with Gasteiger partial charge in [-0.2, -0.15) is 0 Å². The predicted octanol–water partition coefficient (Wildman–Crippen LogP) is 12.7. The van der Waals surface area contributed by atoms with Crippen LogP contribution in [-0.4, -0.2) is 29.2 Å². The highest BCUT2D eigenvalue weighted by atomic mass is 32.2. The normalized spacial score (nSPS) is 15.9. The van der Waals surface area contributed by atoms with Crippen molar-refractivity contribution in [3.8, 4) is 33.6 Å². The van der Waals surface area contributed by atoms with Crippen molar-refractivity contribution in [1.29, 1.82) is 0 Å². The van der Waals surface area contributed by atoms with E-state index < -0.39 is 16.0 Å². The lowest BCUT2D eigenvalue weighted by Crippen LogP contribution is -2.33. The molecule has 1 N–H and O–H groups in total. The summed E-state index contributed by atoms with van der Waals surface area (Å²) in [4.78, 5) is 10.8. The molecule has 2 aromatic heterocycles. The number of fused-ring (bicyclic) bond motifs is 9. The molecule has 0 amide bonds. The maximum atomic E-state index is 13.8. The summed E-state index contributed by atoms with van der Waals surface area (Å²) in [6.45, 7) is 0. The van der Waals surface area contributed by atoms with Crippen LogP contribution in [0.3, 0.4) is 0 Å². The molecule has 7 nitrogen and oxygen atoms in total. The second-order valence-corrected chi connectivity index (χ2v) is 18.8. The number of allylic oxidation sites excluding steroid dienone is 1. The van der Waals surface area contributed by atoms with E-state index in [0.29, 0.717) is 27.7 Å². The van der Waals surface area contributed by atoms with Gasteiger partial charge in [0.25, 0.3) is 0 Å². The Balaban J connectivity index is 0.908. The number of nitrogens with one attached hydrogen (secondary N) is 1. The van der Waals surface area contributed by atoms with Crippen molar-refractivity contribution in [3.63, 3.8) is 0 Å². The van der Waals surface area contributed by atoms with Crippen molar-refractivity contribution in [2.45, 2.75) is 28.8 Å². The number of hydrogen-bond donors (Lipinski definition) is 1. The van der Waals surface area contributed by atoms with Crippen LogP contribution in [0.5, 0.6) is 0 Å². The van der Waals surface area contributed by atoms with E-state index >= 15 is 0 Å². The average molecular weight is 858 g/mol. The Bertz CT molecular complexity index is 3820. The molecule has 3 aliphatic rings. The van der Waals surface area contributed by atoms with E-state index in [0.717, 1.165) is 46.4 Å². The van der Waals surface area contributed by atoms with E-state index in [4.69, 9.17) is 9.98 Å². The summed E-state index contributed by atoms with van der Waals surface area (Å²) < 4.78 is 32.3. The van der Waals surface area contributed by atoms with E-state index in [2.05, 4.69) is 142 Å². The Kier molecular flexibility index (Phi) is 8.35. The molecular weight excluding hydrogens is 819 g/mol. The molecule has 2 aliphatic heterocycles. The fourth-order valence-electron chi connectivity index (χ4n) is 10.2. The van der Waals surface area contributed by atoms with Crippen molar-refractivity contribution in [3.05, 3.63) is 222 Å². The number of nitrogens with zero attached hydrogens (tertiary/aromatic N) is 4. The van der Waals surface area contributed by atoms with Crippen molar-refractivity contribution in [2.24, 2.45) is 9.98 Å². The zero-order valence-corrected chi connectivity index (χ0v) is 35.9. The summed E-state index contributed by atoms with van der Waals surface area (Å²) in [5.74, 6) is 1.12. The number of sulfone groups is 1. The number of rotatable bonds is 6. The molecular formula is C57H39N5O2S. The van der Waals surface area contributed by atoms with E-state index in [1.54, 1.807) is 18.2 Å². The number of hydrogen-bond acceptors (Lipinski definition) is 5. The first kappa shape index (κ1) is 37.5. The number of para-hydroxylation sites is 2. The monoisotopic (exact) mass is 857 g/mol. The van der Waals surface area contributed by atoms with Crippen molar-refractivity contribution < 1.29 is 8.42 Å². The number of aliphatic imine (C=N–C) groups is 2. The maximum Gasteiger partial charge on any atom is 0.207 e. The smallest absolute Gasteiger partial charge is 0.207 e. The maximum absolute atomic E-state index is 13.8. The van der Waals surface area contributed by atoms with Crippen LogP contribution in [0, 0.1) is 0 Å². The van der Waals surface area contributed by atoms with Gasteiger partial charge < -0.3 is 14.5 Å². The van der Waals surface area contributed by atoms with Crippen LogP contribution in [0.15, 0.2) is 214 Å². The molecule has 0 spiro atoms. The predicted molar refractivity (Wildman–Crippen MR) is 263 cm³/mol. The zero-order valence-electron chi connectivity index (χ0n) is 35.1. The third-order valence-electron chi connectivity index (χ3n) is 13.2. The molecule has 1 unspecified atom stereocenters. The molecule has 0 saturated heterocycles. The van der Waals surface area contributed by atoms with Crippen LogP contribution in [0.1, 0.15) is 40.5 Å². The Labute approximate surface area is 375 Å². The number of aryl methyl sites for hydroxylation is 1. The molecule has 4 heterocycles. The fourth-order valence-corrected chi connectivity index (χ4v) is 11.9. The number of amidine groups is 2. The van der Waals surface area contributed by atoms with Crippen molar-refractivity contribution in [1.82, 2.24) is 14.5 Å². The van der Waals surface area contributed by atoms with Gasteiger partial charge in [0, 0.05) is 55.5 Å². The van der Waals surface area contributed by atoms with Crippen molar-refractivity contribution in [2.75, 3.05) is 0 Å². The second-order valence-electron chi connectivity index (χ2n) is 16.9. The molecule has 0 radical (unpaired) electrons. The first-order chi connectivity index (χ1) is 32.0. The number of benzene rings is 8. The standard InChI is InChI=1S/C57H39N5O2S/c63-65(64)53-25-12-9-22-45(53)46-29-26-40(35-54(46)65)57-59-55(36-14-3-1-4-15-36)58-56(60-57)39-16-13-19-42(32-39)62-50-24-11-8-21-44(50)48-34-38(28-31-52(48)62)37-27-30-51-47(33-37)43-20-7-10-23-49(43)61(51)41-17-5-2-6-18-41/h1-7,9-20,22-35,55H,8,21H2,(H,58,59,60). The van der Waals surface area contributed by atoms with Gasteiger partial charge in [0.2, 0.25) is 9.84 Å². The van der Waals surface area contributed by atoms with Gasteiger partial charge >= 0.3 is 0 Å². The largest absolute Gasteiger partial charge is 0.344 e. The Morgan fingerprint density at radius 2 is 1.20 bits per heavy atom. The molecule has 0 fully saturated rings. The molecule has 0 bridgehead atoms. The summed E-state index contributed by atoms with van der Waals surface area (Å²) in [6, 6.07) is 64.3. The van der Waals surface area contributed by atoms with Gasteiger partial charge in [-0.25, -0.2) is 18.4 Å². The minimum absolute atomic E-state index is 0.282. The molecule has 8 aromatic carbocycles. The average Bonchev–Trinajstić information content (AvgIpc) is 3.96. The van der Waals surface area contributed by atoms with E-state index in [1.807, 2.05) is 54.6 Å². The van der Waals surface area contributed by atoms with Crippen LogP contribution < -0.4 is 5.32 Å². The Hall–Kier alpha value is -8.07. The SMILES string of the molecule is O=S1(=O)c2ccccc2-c2ccc(C3=NC(c4ccccc4)NC(c4cccc(-n5c6c(c7cc(-c8ccc9c(c8)c8ccccc8n9-c8ccccc8)ccc75)CCC=C6)c4)=N3)cc21. The summed E-state index contributed by atoms with van der Waals surface area (Å²) >= 11 is 0. The topological polar surface area (TPSA) is 80.8 Å². The van der Waals surface area contributed by atoms with Crippen LogP contribution in [0.25, 0.3) is 72.4 Å². The van der Waals surface area contributed by atoms with Gasteiger partial charge in [-0.15, -0.1) is 0 Å². The molecule has 8 heteroatoms. The Morgan fingerprint density at radius 1 is 0.523 bits per heavy atom. The lowest BCUT2D eigenvalue weighted by atomic mass is 9.97. The second kappa shape index (κ2) is 14.5. The summed E-state index contributed by atoms with van der Waals surface area (Å²) in [5.41, 5.74) is 14.5. The van der Waals surface area contributed by atoms with Gasteiger partial charge in [0.05, 0.1) is 26.3 Å². The Morgan fingerprint density at radius 3 is 2.05 bits per heavy atom. The van der Waals surface area contributed by atoms with Gasteiger partial charge in [0.15, 0.2) is 5.84 Å². The van der Waals surface area contributed by atoms with Crippen LogP contribution in [0.2, 0.25) is 0 Å². The molecule has 65 heavy (non-hydrogen) atoms. The molecule has 310 valence electrons. The van der Waals surface area contributed by atoms with Gasteiger partial charge in [-0.1, -0.05) is 127 Å². The molecule has 1 aliphatic carbocycles. The lowest BCUT2D eigenvalue weighted by molar-refractivity contribution is 0.598. The van der Waals surface area contributed by atoms with E-state index in [1.165, 1.54) is 49.6 Å². The van der Waals surface area contributed by atoms with Crippen LogP contribution >= 0.6 is 0 Å². The highest BCUT2D eigenvalue weighted by Gasteiger charge is 2.33. The van der Waals surface area contributed by atoms with E-state index in [-0.39, 0.29) is 4.90 Å². The molecule has 1 atom stereocenters. The van der Waals surface area contributed by atoms with Crippen molar-refractivity contribution >= 4 is 60.3 Å². The van der Waals surface area contributed by atoms with Gasteiger partial charge in [-0.05, 0) is 108 Å². The minimum Gasteiger partial charge on any atom is -0.344 e. The third kappa shape index (κ3) is 5.91. The molecule has 13 rings (SSSR count). The molecule has 10 aromatic rings. The van der Waals surface area contributed by atoms with Crippen LogP contribution in [-0.2, 0) is 16.3 Å². The fraction of sp³-hybridized carbons (Fsp3) is 0.0526. The highest BCUT2D eigenvalue weighted by molar-refractivity contribution is 7.92. The quantitative estimate of drug-likeness (QED) is 0.181.